The number of hydrogen-bond donors (Lipinski definition) is 0. The second-order valence-electron chi connectivity index (χ2n) is 6.07. The summed E-state index contributed by atoms with van der Waals surface area (Å²) in [5.41, 5.74) is 2.38. The van der Waals surface area contributed by atoms with Crippen molar-refractivity contribution in [3.63, 3.8) is 0 Å². The van der Waals surface area contributed by atoms with E-state index in [2.05, 4.69) is 45.0 Å². The highest BCUT2D eigenvalue weighted by Gasteiger charge is 2.35. The van der Waals surface area contributed by atoms with Crippen molar-refractivity contribution in [3.8, 4) is 0 Å². The molecule has 0 aliphatic carbocycles. The molecule has 27 heavy (non-hydrogen) atoms. The van der Waals surface area contributed by atoms with Gasteiger partial charge in [-0.1, -0.05) is 94.7 Å². The van der Waals surface area contributed by atoms with Crippen molar-refractivity contribution in [2.75, 3.05) is 0 Å². The maximum Gasteiger partial charge on any atom is 0.134 e. The van der Waals surface area contributed by atoms with E-state index in [0.29, 0.717) is 0 Å². The Hall–Kier alpha value is -1.44. The van der Waals surface area contributed by atoms with Crippen LogP contribution in [0.2, 0.25) is 0 Å². The van der Waals surface area contributed by atoms with Gasteiger partial charge in [0, 0.05) is 11.8 Å². The molecule has 0 saturated carbocycles. The highest BCUT2D eigenvalue weighted by Crippen LogP contribution is 2.36. The molecule has 0 aliphatic heterocycles. The molecule has 0 bridgehead atoms. The first kappa shape index (κ1) is 40.3. The molecule has 0 aliphatic rings. The minimum Gasteiger partial charge on any atom is -0.300 e. The monoisotopic (exact) mass is 384 g/mol. The van der Waals surface area contributed by atoms with Crippen LogP contribution >= 0.6 is 0 Å². The Morgan fingerprint density at radius 1 is 0.815 bits per heavy atom. The van der Waals surface area contributed by atoms with Gasteiger partial charge in [0.25, 0.3) is 0 Å². The molecule has 0 amide bonds. The standard InChI is InChI=1S/C19H28O2.6CH4/c1-6-8-18(14(4)20)19(15(5)21)17(7-2)16-11-9-13(3)10-12-16;;;;;;/h9-12,17-19H,6-8H2,1-5H3;6*1H4. The van der Waals surface area contributed by atoms with Crippen molar-refractivity contribution >= 4 is 11.6 Å². The quantitative estimate of drug-likeness (QED) is 0.450. The van der Waals surface area contributed by atoms with Gasteiger partial charge in [-0.3, -0.25) is 9.59 Å². The van der Waals surface area contributed by atoms with Crippen molar-refractivity contribution in [2.24, 2.45) is 11.8 Å². The predicted octanol–water partition coefficient (Wildman–Crippen LogP) is 8.52. The molecule has 0 saturated heterocycles. The van der Waals surface area contributed by atoms with Crippen LogP contribution in [0.3, 0.4) is 0 Å². The topological polar surface area (TPSA) is 34.1 Å². The average Bonchev–Trinajstić information content (AvgIpc) is 2.43. The van der Waals surface area contributed by atoms with Gasteiger partial charge in [-0.15, -0.1) is 0 Å². The molecule has 2 heteroatoms. The van der Waals surface area contributed by atoms with E-state index >= 15 is 0 Å². The molecule has 2 nitrogen and oxygen atoms in total. The van der Waals surface area contributed by atoms with E-state index in [1.165, 1.54) is 11.1 Å². The summed E-state index contributed by atoms with van der Waals surface area (Å²) < 4.78 is 0. The van der Waals surface area contributed by atoms with Crippen molar-refractivity contribution in [1.29, 1.82) is 0 Å². The second-order valence-corrected chi connectivity index (χ2v) is 6.07. The highest BCUT2D eigenvalue weighted by atomic mass is 16.1. The zero-order valence-corrected chi connectivity index (χ0v) is 14.0. The summed E-state index contributed by atoms with van der Waals surface area (Å²) >= 11 is 0. The van der Waals surface area contributed by atoms with Crippen LogP contribution in [0.15, 0.2) is 24.3 Å². The molecule has 0 spiro atoms. The summed E-state index contributed by atoms with van der Waals surface area (Å²) in [4.78, 5) is 24.3. The maximum absolute atomic E-state index is 12.3. The zero-order chi connectivity index (χ0) is 16.0. The molecule has 0 aromatic heterocycles. The van der Waals surface area contributed by atoms with Gasteiger partial charge in [-0.2, -0.15) is 0 Å². The molecule has 1 aromatic rings. The van der Waals surface area contributed by atoms with Gasteiger partial charge in [0.1, 0.15) is 11.6 Å². The molecule has 0 heterocycles. The summed E-state index contributed by atoms with van der Waals surface area (Å²) in [5.74, 6) is 0.0520. The molecule has 3 unspecified atom stereocenters. The number of rotatable bonds is 8. The van der Waals surface area contributed by atoms with Crippen molar-refractivity contribution in [3.05, 3.63) is 35.4 Å². The first-order valence-electron chi connectivity index (χ1n) is 7.99. The number of Topliss-reactive ketones (excluding diaryl/α,β-unsaturated/α-hetero) is 2. The van der Waals surface area contributed by atoms with Crippen LogP contribution in [0.1, 0.15) is 109 Å². The van der Waals surface area contributed by atoms with Crippen LogP contribution in [-0.2, 0) is 9.59 Å². The number of hydrogen-bond acceptors (Lipinski definition) is 2. The van der Waals surface area contributed by atoms with E-state index in [1.54, 1.807) is 13.8 Å². The number of ketones is 2. The van der Waals surface area contributed by atoms with Crippen LogP contribution in [0.4, 0.5) is 0 Å². The normalized spacial score (nSPS) is 11.9. The fraction of sp³-hybridized carbons (Fsp3) is 0.680. The summed E-state index contributed by atoms with van der Waals surface area (Å²) in [6, 6.07) is 8.36. The predicted molar refractivity (Wildman–Crippen MR) is 128 cm³/mol. The lowest BCUT2D eigenvalue weighted by Crippen LogP contribution is -2.32. The Labute approximate surface area is 173 Å². The lowest BCUT2D eigenvalue weighted by atomic mass is 9.71. The van der Waals surface area contributed by atoms with E-state index in [1.807, 2.05) is 0 Å². The summed E-state index contributed by atoms with van der Waals surface area (Å²) in [7, 11) is 0. The largest absolute Gasteiger partial charge is 0.300 e. The molecular weight excluding hydrogens is 332 g/mol. The minimum absolute atomic E-state index is 0. The average molecular weight is 385 g/mol. The van der Waals surface area contributed by atoms with Gasteiger partial charge in [0.05, 0.1) is 0 Å². The molecule has 0 radical (unpaired) electrons. The zero-order valence-electron chi connectivity index (χ0n) is 14.0. The Morgan fingerprint density at radius 2 is 1.26 bits per heavy atom. The first-order chi connectivity index (χ1) is 9.92. The van der Waals surface area contributed by atoms with E-state index in [-0.39, 0.29) is 73.9 Å². The number of benzene rings is 1. The lowest BCUT2D eigenvalue weighted by molar-refractivity contribution is -0.131. The van der Waals surface area contributed by atoms with Crippen LogP contribution < -0.4 is 0 Å². The van der Waals surface area contributed by atoms with E-state index < -0.39 is 0 Å². The SMILES string of the molecule is C.C.C.C.C.C.CCCC(C(C)=O)C(C(C)=O)C(CC)c1ccc(C)cc1. The molecule has 1 aromatic carbocycles. The van der Waals surface area contributed by atoms with E-state index in [4.69, 9.17) is 0 Å². The van der Waals surface area contributed by atoms with Crippen LogP contribution in [0, 0.1) is 18.8 Å². The van der Waals surface area contributed by atoms with Crippen molar-refractivity contribution < 1.29 is 9.59 Å². The van der Waals surface area contributed by atoms with Gasteiger partial charge in [-0.25, -0.2) is 0 Å². The third-order valence-corrected chi connectivity index (χ3v) is 4.40. The number of carbonyl (C=O) groups excluding carboxylic acids is 2. The van der Waals surface area contributed by atoms with Gasteiger partial charge in [0.2, 0.25) is 0 Å². The maximum atomic E-state index is 12.3. The molecule has 3 atom stereocenters. The lowest BCUT2D eigenvalue weighted by Gasteiger charge is -2.30. The molecule has 1 rings (SSSR count). The van der Waals surface area contributed by atoms with Gasteiger partial charge in [-0.05, 0) is 45.1 Å². The second kappa shape index (κ2) is 19.3. The Balaban J connectivity index is -0.000000184. The Morgan fingerprint density at radius 3 is 1.56 bits per heavy atom. The Bertz CT molecular complexity index is 474. The van der Waals surface area contributed by atoms with Gasteiger partial charge >= 0.3 is 0 Å². The molecule has 0 fully saturated rings. The van der Waals surface area contributed by atoms with Crippen molar-refractivity contribution in [2.45, 2.75) is 104 Å². The third kappa shape index (κ3) is 11.1. The Kier molecular flexibility index (Phi) is 28.8. The van der Waals surface area contributed by atoms with E-state index in [0.717, 1.165) is 19.3 Å². The number of carbonyl (C=O) groups is 2. The van der Waals surface area contributed by atoms with E-state index in [9.17, 15) is 9.59 Å². The first-order valence-corrected chi connectivity index (χ1v) is 7.99. The summed E-state index contributed by atoms with van der Waals surface area (Å²) in [6.07, 6.45) is 2.60. The van der Waals surface area contributed by atoms with Crippen LogP contribution in [0.5, 0.6) is 0 Å². The highest BCUT2D eigenvalue weighted by molar-refractivity contribution is 5.88. The van der Waals surface area contributed by atoms with Crippen LogP contribution in [-0.4, -0.2) is 11.6 Å². The van der Waals surface area contributed by atoms with Crippen LogP contribution in [0.25, 0.3) is 0 Å². The molecular formula is C25H52O2. The third-order valence-electron chi connectivity index (χ3n) is 4.40. The summed E-state index contributed by atoms with van der Waals surface area (Å²) in [5, 5.41) is 0. The molecule has 164 valence electrons. The smallest absolute Gasteiger partial charge is 0.134 e. The van der Waals surface area contributed by atoms with Crippen molar-refractivity contribution in [1.82, 2.24) is 0 Å². The van der Waals surface area contributed by atoms with Gasteiger partial charge < -0.3 is 0 Å². The van der Waals surface area contributed by atoms with Gasteiger partial charge in [0.15, 0.2) is 0 Å². The minimum atomic E-state index is -0.199. The number of aryl methyl sites for hydroxylation is 1. The summed E-state index contributed by atoms with van der Waals surface area (Å²) in [6.45, 7) is 9.48. The fourth-order valence-corrected chi connectivity index (χ4v) is 3.30. The molecule has 0 N–H and O–H groups in total. The fourth-order valence-electron chi connectivity index (χ4n) is 3.30.